The number of hydrogen-bond donors (Lipinski definition) is 0. The minimum Gasteiger partial charge on any atom is -0.872 e. The van der Waals surface area contributed by atoms with Crippen LogP contribution in [-0.2, 0) is 17.1 Å². The monoisotopic (exact) mass is 324 g/mol. The Labute approximate surface area is 134 Å². The first-order chi connectivity index (χ1) is 9.29. The Bertz CT molecular complexity index is 578. The fourth-order valence-corrected chi connectivity index (χ4v) is 1.87. The van der Waals surface area contributed by atoms with Crippen molar-refractivity contribution in [1.29, 1.82) is 0 Å². The van der Waals surface area contributed by atoms with Crippen LogP contribution in [0.25, 0.3) is 5.76 Å². The van der Waals surface area contributed by atoms with E-state index in [4.69, 9.17) is 11.6 Å². The molecule has 0 heterocycles. The molecule has 1 aliphatic rings. The Balaban J connectivity index is 0.000000283. The fraction of sp³-hybridized carbons (Fsp3) is 0. The average molecular weight is 325 g/mol. The Morgan fingerprint density at radius 1 is 0.950 bits per heavy atom. The number of benzene rings is 1. The van der Waals surface area contributed by atoms with Crippen LogP contribution in [0.3, 0.4) is 0 Å². The van der Waals surface area contributed by atoms with Gasteiger partial charge in [-0.1, -0.05) is 59.9 Å². The summed E-state index contributed by atoms with van der Waals surface area (Å²) in [6.07, 6.45) is 7.24. The van der Waals surface area contributed by atoms with Gasteiger partial charge in [0, 0.05) is 5.02 Å². The van der Waals surface area contributed by atoms with Gasteiger partial charge in [0.05, 0.1) is 0 Å². The molecule has 20 heavy (non-hydrogen) atoms. The molecule has 0 amide bonds. The minimum absolute atomic E-state index is 0. The molecule has 0 aliphatic heterocycles. The van der Waals surface area contributed by atoms with E-state index in [-0.39, 0.29) is 22.8 Å². The van der Waals surface area contributed by atoms with Gasteiger partial charge < -0.3 is 5.11 Å². The van der Waals surface area contributed by atoms with E-state index < -0.39 is 0 Å². The molecule has 1 aliphatic carbocycles. The topological polar surface area (TPSA) is 23.1 Å². The van der Waals surface area contributed by atoms with Gasteiger partial charge in [-0.3, -0.25) is 0 Å². The fourth-order valence-electron chi connectivity index (χ4n) is 1.65. The first-order valence-corrected chi connectivity index (χ1v) is 6.34. The summed E-state index contributed by atoms with van der Waals surface area (Å²) in [5.74, 6) is -0.0272. The zero-order valence-electron chi connectivity index (χ0n) is 10.6. The summed E-state index contributed by atoms with van der Waals surface area (Å²) >= 11 is 5.92. The predicted octanol–water partition coefficient (Wildman–Crippen LogP) is 3.94. The summed E-state index contributed by atoms with van der Waals surface area (Å²) in [6.45, 7) is 0. The summed E-state index contributed by atoms with van der Waals surface area (Å²) in [6, 6.07) is 17.1. The smallest absolute Gasteiger partial charge is 0.872 e. The van der Waals surface area contributed by atoms with Crippen molar-refractivity contribution in [3.63, 3.8) is 0 Å². The maximum atomic E-state index is 11.8. The van der Waals surface area contributed by atoms with Gasteiger partial charge in [0.2, 0.25) is 0 Å². The Hall–Kier alpha value is -1.60. The molecular weight excluding hydrogens is 311 g/mol. The summed E-state index contributed by atoms with van der Waals surface area (Å²) in [7, 11) is 0. The molecular formula is C17H13ClFeO. The zero-order valence-corrected chi connectivity index (χ0v) is 12.5. The van der Waals surface area contributed by atoms with Crippen LogP contribution in [0.1, 0.15) is 5.56 Å². The summed E-state index contributed by atoms with van der Waals surface area (Å²) in [5, 5.41) is 12.3. The number of rotatable bonds is 1. The van der Waals surface area contributed by atoms with Crippen LogP contribution in [0, 0.1) is 0 Å². The van der Waals surface area contributed by atoms with Gasteiger partial charge in [-0.15, -0.1) is 0 Å². The van der Waals surface area contributed by atoms with Gasteiger partial charge in [-0.25, -0.2) is 12.1 Å². The number of allylic oxidation sites excluding steroid dienone is 5. The Kier molecular flexibility index (Phi) is 7.03. The summed E-state index contributed by atoms with van der Waals surface area (Å²) in [5.41, 5.74) is 1.23. The molecule has 0 saturated heterocycles. The molecule has 3 rings (SSSR count). The van der Waals surface area contributed by atoms with E-state index in [0.717, 1.165) is 0 Å². The van der Waals surface area contributed by atoms with Crippen LogP contribution in [0.5, 0.6) is 0 Å². The number of halogens is 1. The second kappa shape index (κ2) is 8.55. The van der Waals surface area contributed by atoms with Crippen molar-refractivity contribution in [1.82, 2.24) is 0 Å². The molecule has 1 nitrogen and oxygen atoms in total. The van der Waals surface area contributed by atoms with Crippen LogP contribution in [0.4, 0.5) is 0 Å². The second-order valence-electron chi connectivity index (χ2n) is 3.94. The molecule has 0 aromatic heterocycles. The third-order valence-electron chi connectivity index (χ3n) is 2.60. The number of hydrogen-bond acceptors (Lipinski definition) is 1. The van der Waals surface area contributed by atoms with Crippen molar-refractivity contribution in [3.8, 4) is 0 Å². The van der Waals surface area contributed by atoms with Crippen LogP contribution in [-0.4, -0.2) is 0 Å². The first kappa shape index (κ1) is 16.5. The molecule has 0 bridgehead atoms. The standard InChI is InChI=1S/C12H9ClO.C5H5.Fe/c13-11-8-4-3-7-10(11)12(14)9-5-1-2-6-9;1-2-4-5-3-1;/h1-8,14H;1-5H;/q;-1;+2/p-1. The molecule has 2 aromatic carbocycles. The van der Waals surface area contributed by atoms with Crippen LogP contribution in [0.2, 0.25) is 5.02 Å². The summed E-state index contributed by atoms with van der Waals surface area (Å²) in [4.78, 5) is 0. The van der Waals surface area contributed by atoms with E-state index in [1.807, 2.05) is 54.6 Å². The molecule has 2 aromatic rings. The molecule has 0 radical (unpaired) electrons. The van der Waals surface area contributed by atoms with Crippen LogP contribution in [0.15, 0.2) is 84.5 Å². The van der Waals surface area contributed by atoms with Crippen molar-refractivity contribution in [3.05, 3.63) is 95.1 Å². The molecule has 0 atom stereocenters. The van der Waals surface area contributed by atoms with Gasteiger partial charge in [0.25, 0.3) is 0 Å². The van der Waals surface area contributed by atoms with E-state index in [9.17, 15) is 5.11 Å². The maximum Gasteiger partial charge on any atom is 2.00 e. The molecule has 102 valence electrons. The van der Waals surface area contributed by atoms with Gasteiger partial charge in [-0.2, -0.15) is 18.2 Å². The summed E-state index contributed by atoms with van der Waals surface area (Å²) < 4.78 is 0. The second-order valence-corrected chi connectivity index (χ2v) is 4.35. The van der Waals surface area contributed by atoms with Gasteiger partial charge in [0.1, 0.15) is 0 Å². The van der Waals surface area contributed by atoms with E-state index in [0.29, 0.717) is 16.2 Å². The van der Waals surface area contributed by atoms with E-state index >= 15 is 0 Å². The van der Waals surface area contributed by atoms with Crippen LogP contribution >= 0.6 is 11.6 Å². The Morgan fingerprint density at radius 3 is 2.05 bits per heavy atom. The zero-order chi connectivity index (χ0) is 13.5. The molecule has 0 N–H and O–H groups in total. The largest absolute Gasteiger partial charge is 2.00 e. The van der Waals surface area contributed by atoms with E-state index in [1.54, 1.807) is 24.3 Å². The normalized spacial score (nSPS) is 11.6. The molecule has 0 fully saturated rings. The van der Waals surface area contributed by atoms with Crippen LogP contribution < -0.4 is 5.11 Å². The van der Waals surface area contributed by atoms with Crippen molar-refractivity contribution in [2.75, 3.05) is 0 Å². The van der Waals surface area contributed by atoms with Crippen molar-refractivity contribution >= 4 is 17.4 Å². The van der Waals surface area contributed by atoms with E-state index in [1.165, 1.54) is 0 Å². The van der Waals surface area contributed by atoms with Crippen molar-refractivity contribution < 1.29 is 22.2 Å². The molecule has 0 unspecified atom stereocenters. The molecule has 0 saturated carbocycles. The first-order valence-electron chi connectivity index (χ1n) is 5.96. The Morgan fingerprint density at radius 2 is 1.55 bits per heavy atom. The van der Waals surface area contributed by atoms with Gasteiger partial charge >= 0.3 is 17.1 Å². The molecule has 3 heteroatoms. The third-order valence-corrected chi connectivity index (χ3v) is 2.93. The predicted molar refractivity (Wildman–Crippen MR) is 78.7 cm³/mol. The SMILES string of the molecule is [Fe+2].[O-]C(=C1C=CC=C1)c1ccccc1Cl.c1cc[cH-]c1. The minimum atomic E-state index is -0.0272. The quantitative estimate of drug-likeness (QED) is 0.443. The van der Waals surface area contributed by atoms with Gasteiger partial charge in [-0.05, 0) is 17.2 Å². The third kappa shape index (κ3) is 4.50. The van der Waals surface area contributed by atoms with E-state index in [2.05, 4.69) is 0 Å². The molecule has 0 spiro atoms. The van der Waals surface area contributed by atoms with Gasteiger partial charge in [0.15, 0.2) is 0 Å². The maximum absolute atomic E-state index is 11.8. The van der Waals surface area contributed by atoms with Crippen molar-refractivity contribution in [2.45, 2.75) is 0 Å². The average Bonchev–Trinajstić information content (AvgIpc) is 3.14. The van der Waals surface area contributed by atoms with Crippen molar-refractivity contribution in [2.24, 2.45) is 0 Å².